The number of aryl methyl sites for hydroxylation is 1. The van der Waals surface area contributed by atoms with E-state index in [1.807, 2.05) is 0 Å². The lowest BCUT2D eigenvalue weighted by Crippen LogP contribution is -2.58. The van der Waals surface area contributed by atoms with E-state index in [1.165, 1.54) is 29.3 Å². The molecular formula is C29H28ClF3N6O4. The second-order valence-electron chi connectivity index (χ2n) is 10.7. The summed E-state index contributed by atoms with van der Waals surface area (Å²) in [5, 5.41) is 20.5. The Kier molecular flexibility index (Phi) is 7.71. The number of phenols is 1. The number of aromatic hydroxyl groups is 1. The Morgan fingerprint density at radius 3 is 2.47 bits per heavy atom. The second-order valence-corrected chi connectivity index (χ2v) is 11.1. The summed E-state index contributed by atoms with van der Waals surface area (Å²) in [6, 6.07) is 8.37. The van der Waals surface area contributed by atoms with Crippen molar-refractivity contribution in [3.63, 3.8) is 0 Å². The smallest absolute Gasteiger partial charge is 0.407 e. The zero-order valence-corrected chi connectivity index (χ0v) is 24.3. The van der Waals surface area contributed by atoms with Crippen LogP contribution in [0.5, 0.6) is 5.75 Å². The number of amides is 1. The highest BCUT2D eigenvalue weighted by Crippen LogP contribution is 2.40. The summed E-state index contributed by atoms with van der Waals surface area (Å²) in [6.45, 7) is 6.32. The first-order valence-corrected chi connectivity index (χ1v) is 13.8. The maximum Gasteiger partial charge on any atom is 0.407 e. The average Bonchev–Trinajstić information content (AvgIpc) is 2.93. The van der Waals surface area contributed by atoms with Crippen LogP contribution in [-0.4, -0.2) is 72.1 Å². The van der Waals surface area contributed by atoms with Crippen molar-refractivity contribution in [1.29, 1.82) is 0 Å². The third-order valence-electron chi connectivity index (χ3n) is 7.74. The van der Waals surface area contributed by atoms with Crippen LogP contribution in [0.1, 0.15) is 37.9 Å². The lowest BCUT2D eigenvalue weighted by molar-refractivity contribution is -0.147. The van der Waals surface area contributed by atoms with Crippen LogP contribution in [0.25, 0.3) is 28.0 Å². The number of aromatic nitrogens is 4. The topological polar surface area (TPSA) is 125 Å². The summed E-state index contributed by atoms with van der Waals surface area (Å²) in [5.41, 5.74) is -0.785. The second kappa shape index (κ2) is 11.0. The van der Waals surface area contributed by atoms with Gasteiger partial charge in [0.05, 0.1) is 33.4 Å². The fourth-order valence-electron chi connectivity index (χ4n) is 5.41. The molecule has 1 fully saturated rings. The molecule has 4 aromatic rings. The van der Waals surface area contributed by atoms with Gasteiger partial charge in [-0.15, -0.1) is 0 Å². The van der Waals surface area contributed by atoms with Crippen LogP contribution < -0.4 is 10.6 Å². The summed E-state index contributed by atoms with van der Waals surface area (Å²) in [5.74, 6) is -2.01. The number of carboxylic acid groups (broad SMARTS) is 1. The molecule has 0 bridgehead atoms. The lowest BCUT2D eigenvalue weighted by Gasteiger charge is -2.43. The van der Waals surface area contributed by atoms with Crippen LogP contribution in [-0.2, 0) is 0 Å². The normalized spacial score (nSPS) is 18.2. The van der Waals surface area contributed by atoms with Crippen LogP contribution in [0.2, 0.25) is 5.02 Å². The fourth-order valence-corrected chi connectivity index (χ4v) is 5.66. The first-order chi connectivity index (χ1) is 20.2. The van der Waals surface area contributed by atoms with Gasteiger partial charge in [0.2, 0.25) is 0 Å². The number of pyridine rings is 2. The first kappa shape index (κ1) is 30.1. The van der Waals surface area contributed by atoms with Crippen LogP contribution >= 0.6 is 11.6 Å². The van der Waals surface area contributed by atoms with Crippen LogP contribution in [0.4, 0.5) is 23.8 Å². The molecule has 3 atom stereocenters. The Bertz CT molecular complexity index is 1800. The molecule has 0 aliphatic carbocycles. The van der Waals surface area contributed by atoms with Gasteiger partial charge in [-0.3, -0.25) is 4.98 Å². The van der Waals surface area contributed by atoms with Crippen LogP contribution in [0.3, 0.4) is 0 Å². The minimum absolute atomic E-state index is 0.0510. The van der Waals surface area contributed by atoms with E-state index in [9.17, 15) is 33.0 Å². The molecule has 0 saturated carbocycles. The Balaban J connectivity index is 1.86. The summed E-state index contributed by atoms with van der Waals surface area (Å²) >= 11 is 6.71. The van der Waals surface area contributed by atoms with Crippen molar-refractivity contribution in [2.45, 2.75) is 51.9 Å². The molecule has 3 aromatic heterocycles. The Labute approximate surface area is 249 Å². The number of fused-ring (bicyclic) bond motifs is 1. The molecule has 1 aliphatic rings. The lowest BCUT2D eigenvalue weighted by atomic mass is 10.0. The molecule has 1 unspecified atom stereocenters. The third-order valence-corrected chi connectivity index (χ3v) is 8.03. The van der Waals surface area contributed by atoms with E-state index in [2.05, 4.69) is 15.0 Å². The van der Waals surface area contributed by atoms with Crippen molar-refractivity contribution in [2.75, 3.05) is 18.0 Å². The number of nitrogens with zero attached hydrogens (tertiary/aromatic N) is 6. The zero-order valence-electron chi connectivity index (χ0n) is 23.6. The predicted octanol–water partition coefficient (Wildman–Crippen LogP) is 5.75. The summed E-state index contributed by atoms with van der Waals surface area (Å²) in [6.07, 6.45) is -4.49. The molecule has 1 saturated heterocycles. The molecule has 4 heterocycles. The van der Waals surface area contributed by atoms with Gasteiger partial charge in [-0.2, -0.15) is 18.2 Å². The number of carbonyl (C=O) groups is 1. The van der Waals surface area contributed by atoms with Crippen molar-refractivity contribution in [1.82, 2.24) is 24.4 Å². The van der Waals surface area contributed by atoms with E-state index in [0.717, 1.165) is 11.5 Å². The largest absolute Gasteiger partial charge is 0.507 e. The number of anilines is 1. The molecule has 5 rings (SSSR count). The molecule has 2 N–H and O–H groups in total. The summed E-state index contributed by atoms with van der Waals surface area (Å²) in [4.78, 5) is 41.8. The van der Waals surface area contributed by atoms with Crippen molar-refractivity contribution in [3.05, 3.63) is 69.4 Å². The number of phenolic OH excluding ortho intramolecular Hbond substituents is 1. The number of rotatable bonds is 4. The molecule has 1 amide bonds. The van der Waals surface area contributed by atoms with Gasteiger partial charge in [-0.05, 0) is 57.5 Å². The van der Waals surface area contributed by atoms with Gasteiger partial charge in [-0.25, -0.2) is 19.1 Å². The third kappa shape index (κ3) is 5.33. The monoisotopic (exact) mass is 616 g/mol. The van der Waals surface area contributed by atoms with Gasteiger partial charge in [0.1, 0.15) is 11.6 Å². The quantitative estimate of drug-likeness (QED) is 0.297. The maximum absolute atomic E-state index is 14.0. The SMILES string of the molecule is Cc1ccnc(C(C)C(F)(F)F)c1-n1c(=O)nc(N2C[C@@H](C)N(C(=O)O)C[C@@H]2C)c2cc(Cl)c(-c3ccccc3O)nc21. The highest BCUT2D eigenvalue weighted by atomic mass is 35.5. The number of piperazine rings is 1. The Hall–Kier alpha value is -4.39. The number of para-hydroxylation sites is 1. The molecule has 1 aromatic carbocycles. The van der Waals surface area contributed by atoms with E-state index in [4.69, 9.17) is 11.6 Å². The van der Waals surface area contributed by atoms with Crippen LogP contribution in [0.15, 0.2) is 47.4 Å². The van der Waals surface area contributed by atoms with E-state index < -0.39 is 36.0 Å². The highest BCUT2D eigenvalue weighted by Gasteiger charge is 2.41. The van der Waals surface area contributed by atoms with Gasteiger partial charge in [-0.1, -0.05) is 23.7 Å². The molecule has 14 heteroatoms. The number of alkyl halides is 3. The van der Waals surface area contributed by atoms with Crippen molar-refractivity contribution < 1.29 is 28.2 Å². The van der Waals surface area contributed by atoms with E-state index in [0.29, 0.717) is 5.56 Å². The minimum atomic E-state index is -4.66. The number of hydrogen-bond donors (Lipinski definition) is 2. The van der Waals surface area contributed by atoms with Gasteiger partial charge < -0.3 is 20.0 Å². The maximum atomic E-state index is 14.0. The molecular weight excluding hydrogens is 589 g/mol. The molecule has 0 spiro atoms. The molecule has 0 radical (unpaired) electrons. The van der Waals surface area contributed by atoms with Gasteiger partial charge >= 0.3 is 18.0 Å². The molecule has 1 aliphatic heterocycles. The zero-order chi connectivity index (χ0) is 31.4. The molecule has 10 nitrogen and oxygen atoms in total. The van der Waals surface area contributed by atoms with Gasteiger partial charge in [0, 0.05) is 36.9 Å². The summed E-state index contributed by atoms with van der Waals surface area (Å²) < 4.78 is 42.9. The van der Waals surface area contributed by atoms with Crippen LogP contribution in [0, 0.1) is 6.92 Å². The van der Waals surface area contributed by atoms with Gasteiger partial charge in [0.15, 0.2) is 5.65 Å². The highest BCUT2D eigenvalue weighted by molar-refractivity contribution is 6.34. The number of benzene rings is 1. The Morgan fingerprint density at radius 1 is 1.12 bits per heavy atom. The first-order valence-electron chi connectivity index (χ1n) is 13.4. The van der Waals surface area contributed by atoms with E-state index >= 15 is 0 Å². The summed E-state index contributed by atoms with van der Waals surface area (Å²) in [7, 11) is 0. The predicted molar refractivity (Wildman–Crippen MR) is 155 cm³/mol. The van der Waals surface area contributed by atoms with Crippen molar-refractivity contribution >= 4 is 34.5 Å². The minimum Gasteiger partial charge on any atom is -0.507 e. The molecule has 226 valence electrons. The van der Waals surface area contributed by atoms with Gasteiger partial charge in [0.25, 0.3) is 0 Å². The molecule has 43 heavy (non-hydrogen) atoms. The average molecular weight is 617 g/mol. The number of hydrogen-bond acceptors (Lipinski definition) is 7. The Morgan fingerprint density at radius 2 is 1.81 bits per heavy atom. The standard InChI is InChI=1S/C29H28ClF3N6O4/c1-14-9-10-34-22(17(4)29(31,32)33)24(14)39-26-19(11-20(30)23(35-26)18-7-5-6-8-21(18)40)25(36-27(39)41)37-12-16(3)38(28(42)43)13-15(37)2/h5-11,15-17,40H,12-13H2,1-4H3,(H,42,43)/t15-,16+,17?/m0/s1. The van der Waals surface area contributed by atoms with Crippen molar-refractivity contribution in [3.8, 4) is 22.7 Å². The fraction of sp³-hybridized carbons (Fsp3) is 0.345. The van der Waals surface area contributed by atoms with E-state index in [1.54, 1.807) is 43.9 Å². The van der Waals surface area contributed by atoms with E-state index in [-0.39, 0.29) is 63.4 Å². The van der Waals surface area contributed by atoms with Crippen molar-refractivity contribution in [2.24, 2.45) is 0 Å². The number of halogens is 4.